The molecule has 3 rings (SSSR count). The number of halogens is 2. The first-order valence-corrected chi connectivity index (χ1v) is 7.87. The maximum absolute atomic E-state index is 13.8. The van der Waals surface area contributed by atoms with Gasteiger partial charge in [-0.25, -0.2) is 8.78 Å². The first kappa shape index (κ1) is 17.1. The van der Waals surface area contributed by atoms with Gasteiger partial charge in [-0.05, 0) is 48.5 Å². The van der Waals surface area contributed by atoms with Gasteiger partial charge < -0.3 is 10.5 Å². The molecule has 2 aromatic carbocycles. The molecule has 25 heavy (non-hydrogen) atoms. The van der Waals surface area contributed by atoms with Crippen LogP contribution in [0.4, 0.5) is 8.78 Å². The van der Waals surface area contributed by atoms with E-state index in [0.717, 1.165) is 11.3 Å². The molecule has 3 aromatic rings. The van der Waals surface area contributed by atoms with Crippen molar-refractivity contribution in [1.29, 1.82) is 0 Å². The van der Waals surface area contributed by atoms with Crippen LogP contribution in [0.5, 0.6) is 5.75 Å². The molecule has 0 spiro atoms. The van der Waals surface area contributed by atoms with E-state index in [4.69, 9.17) is 10.5 Å². The van der Waals surface area contributed by atoms with Crippen LogP contribution in [0.25, 0.3) is 11.3 Å². The number of nitrogens with two attached hydrogens (primary N) is 1. The molecule has 0 amide bonds. The molecule has 1 aromatic heterocycles. The molecule has 0 aliphatic rings. The van der Waals surface area contributed by atoms with Crippen LogP contribution < -0.4 is 10.5 Å². The quantitative estimate of drug-likeness (QED) is 0.772. The van der Waals surface area contributed by atoms with Gasteiger partial charge in [-0.1, -0.05) is 0 Å². The Morgan fingerprint density at radius 3 is 2.40 bits per heavy atom. The number of rotatable bonds is 5. The highest BCUT2D eigenvalue weighted by atomic mass is 19.1. The number of aromatic nitrogens is 2. The van der Waals surface area contributed by atoms with Gasteiger partial charge in [0.2, 0.25) is 0 Å². The number of benzene rings is 2. The molecular weight excluding hydrogens is 324 g/mol. The van der Waals surface area contributed by atoms with Crippen LogP contribution >= 0.6 is 0 Å². The summed E-state index contributed by atoms with van der Waals surface area (Å²) in [6, 6.07) is 12.4. The molecule has 0 radical (unpaired) electrons. The lowest BCUT2D eigenvalue weighted by molar-refractivity contribution is 0.405. The van der Waals surface area contributed by atoms with E-state index in [1.54, 1.807) is 29.9 Å². The van der Waals surface area contributed by atoms with E-state index in [2.05, 4.69) is 5.10 Å². The van der Waals surface area contributed by atoms with Crippen LogP contribution in [-0.4, -0.2) is 23.4 Å². The minimum Gasteiger partial charge on any atom is -0.496 e. The summed E-state index contributed by atoms with van der Waals surface area (Å²) in [6.45, 7) is 0.266. The highest BCUT2D eigenvalue weighted by molar-refractivity contribution is 5.60. The molecule has 1 heterocycles. The lowest BCUT2D eigenvalue weighted by atomic mass is 9.94. The van der Waals surface area contributed by atoms with E-state index in [0.29, 0.717) is 17.0 Å². The molecule has 6 heteroatoms. The fourth-order valence-corrected chi connectivity index (χ4v) is 2.95. The summed E-state index contributed by atoms with van der Waals surface area (Å²) < 4.78 is 33.9. The van der Waals surface area contributed by atoms with Crippen molar-refractivity contribution >= 4 is 0 Å². The minimum absolute atomic E-state index is 0.266. The molecule has 1 atom stereocenters. The largest absolute Gasteiger partial charge is 0.496 e. The normalized spacial score (nSPS) is 12.2. The van der Waals surface area contributed by atoms with Gasteiger partial charge in [-0.2, -0.15) is 5.10 Å². The van der Waals surface area contributed by atoms with Crippen LogP contribution in [0, 0.1) is 11.6 Å². The lowest BCUT2D eigenvalue weighted by Gasteiger charge is -2.18. The van der Waals surface area contributed by atoms with Gasteiger partial charge in [0.05, 0.1) is 12.8 Å². The van der Waals surface area contributed by atoms with E-state index < -0.39 is 0 Å². The number of nitrogens with zero attached hydrogens (tertiary/aromatic N) is 2. The Morgan fingerprint density at radius 1 is 1.08 bits per heavy atom. The molecule has 130 valence electrons. The average Bonchev–Trinajstić information content (AvgIpc) is 2.98. The highest BCUT2D eigenvalue weighted by Crippen LogP contribution is 2.33. The predicted octanol–water partition coefficient (Wildman–Crippen LogP) is 3.46. The molecule has 2 N–H and O–H groups in total. The average molecular weight is 343 g/mol. The molecule has 0 aliphatic carbocycles. The Labute approximate surface area is 144 Å². The second-order valence-electron chi connectivity index (χ2n) is 5.76. The topological polar surface area (TPSA) is 53.1 Å². The minimum atomic E-state index is -0.352. The third kappa shape index (κ3) is 3.39. The molecule has 0 fully saturated rings. The SMILES string of the molecule is COc1ccc(F)cc1C(CN)c1cc(-c2ccc(F)cc2)nn1C. The number of hydrogen-bond donors (Lipinski definition) is 1. The van der Waals surface area contributed by atoms with Crippen LogP contribution in [0.2, 0.25) is 0 Å². The molecular formula is C19H19F2N3O. The van der Waals surface area contributed by atoms with E-state index in [1.165, 1.54) is 31.4 Å². The van der Waals surface area contributed by atoms with Crippen molar-refractivity contribution in [1.82, 2.24) is 9.78 Å². The summed E-state index contributed by atoms with van der Waals surface area (Å²) in [5.74, 6) is -0.363. The van der Waals surface area contributed by atoms with Crippen LogP contribution in [0.15, 0.2) is 48.5 Å². The monoisotopic (exact) mass is 343 g/mol. The summed E-state index contributed by atoms with van der Waals surface area (Å²) >= 11 is 0. The van der Waals surface area contributed by atoms with E-state index >= 15 is 0 Å². The zero-order valence-corrected chi connectivity index (χ0v) is 14.0. The van der Waals surface area contributed by atoms with E-state index in [9.17, 15) is 8.78 Å². The Bertz CT molecular complexity index is 875. The smallest absolute Gasteiger partial charge is 0.123 e. The van der Waals surface area contributed by atoms with Crippen molar-refractivity contribution in [2.75, 3.05) is 13.7 Å². The molecule has 4 nitrogen and oxygen atoms in total. The van der Waals surface area contributed by atoms with Crippen LogP contribution in [0.3, 0.4) is 0 Å². The van der Waals surface area contributed by atoms with E-state index in [1.807, 2.05) is 6.07 Å². The number of aryl methyl sites for hydroxylation is 1. The van der Waals surface area contributed by atoms with Crippen molar-refractivity contribution in [3.63, 3.8) is 0 Å². The van der Waals surface area contributed by atoms with Gasteiger partial charge in [0, 0.05) is 36.3 Å². The van der Waals surface area contributed by atoms with Crippen LogP contribution in [-0.2, 0) is 7.05 Å². The van der Waals surface area contributed by atoms with Gasteiger partial charge in [-0.15, -0.1) is 0 Å². The first-order chi connectivity index (χ1) is 12.0. The second-order valence-corrected chi connectivity index (χ2v) is 5.76. The summed E-state index contributed by atoms with van der Waals surface area (Å²) in [5, 5.41) is 4.49. The van der Waals surface area contributed by atoms with Crippen molar-refractivity contribution < 1.29 is 13.5 Å². The number of ether oxygens (including phenoxy) is 1. The van der Waals surface area contributed by atoms with Crippen LogP contribution in [0.1, 0.15) is 17.2 Å². The molecule has 0 saturated carbocycles. The second kappa shape index (κ2) is 7.03. The third-order valence-electron chi connectivity index (χ3n) is 4.22. The van der Waals surface area contributed by atoms with Crippen molar-refractivity contribution in [3.05, 3.63) is 71.4 Å². The van der Waals surface area contributed by atoms with E-state index in [-0.39, 0.29) is 24.1 Å². The lowest BCUT2D eigenvalue weighted by Crippen LogP contribution is -2.18. The first-order valence-electron chi connectivity index (χ1n) is 7.87. The Balaban J connectivity index is 2.05. The molecule has 0 aliphatic heterocycles. The van der Waals surface area contributed by atoms with Gasteiger partial charge in [0.25, 0.3) is 0 Å². The van der Waals surface area contributed by atoms with Crippen molar-refractivity contribution in [2.45, 2.75) is 5.92 Å². The van der Waals surface area contributed by atoms with Gasteiger partial charge in [0.1, 0.15) is 17.4 Å². The molecule has 1 unspecified atom stereocenters. The standard InChI is InChI=1S/C19H19F2N3O/c1-24-18(10-17(23-24)12-3-5-13(20)6-4-12)16(11-22)15-9-14(21)7-8-19(15)25-2/h3-10,16H,11,22H2,1-2H3. The maximum Gasteiger partial charge on any atom is 0.123 e. The zero-order valence-electron chi connectivity index (χ0n) is 14.0. The fraction of sp³-hybridized carbons (Fsp3) is 0.211. The third-order valence-corrected chi connectivity index (χ3v) is 4.22. The molecule has 0 saturated heterocycles. The summed E-state index contributed by atoms with van der Waals surface area (Å²) in [7, 11) is 3.34. The summed E-state index contributed by atoms with van der Waals surface area (Å²) in [4.78, 5) is 0. The Kier molecular flexibility index (Phi) is 4.81. The Hall–Kier alpha value is -2.73. The molecule has 0 bridgehead atoms. The van der Waals surface area contributed by atoms with Crippen molar-refractivity contribution in [3.8, 4) is 17.0 Å². The zero-order chi connectivity index (χ0) is 18.0. The predicted molar refractivity (Wildman–Crippen MR) is 92.5 cm³/mol. The number of hydrogen-bond acceptors (Lipinski definition) is 3. The van der Waals surface area contributed by atoms with Gasteiger partial charge in [0.15, 0.2) is 0 Å². The highest BCUT2D eigenvalue weighted by Gasteiger charge is 2.22. The Morgan fingerprint density at radius 2 is 1.76 bits per heavy atom. The van der Waals surface area contributed by atoms with Gasteiger partial charge in [-0.3, -0.25) is 4.68 Å². The number of methoxy groups -OCH3 is 1. The fourth-order valence-electron chi connectivity index (χ4n) is 2.95. The van der Waals surface area contributed by atoms with Crippen molar-refractivity contribution in [2.24, 2.45) is 12.8 Å². The maximum atomic E-state index is 13.8. The summed E-state index contributed by atoms with van der Waals surface area (Å²) in [6.07, 6.45) is 0. The van der Waals surface area contributed by atoms with Gasteiger partial charge >= 0.3 is 0 Å². The summed E-state index contributed by atoms with van der Waals surface area (Å²) in [5.41, 5.74) is 8.97.